The summed E-state index contributed by atoms with van der Waals surface area (Å²) in [6, 6.07) is -2.25. The maximum Gasteiger partial charge on any atom is 0.396 e. The molecule has 0 aliphatic rings. The normalized spacial score (nSPS) is 11.8. The average molecular weight is 659 g/mol. The van der Waals surface area contributed by atoms with Gasteiger partial charge in [-0.05, 0) is 65.7 Å². The standard InChI is InChI=1S/C29H48N4O11.C2H6/c1-6-10-15-21(27(38)42-7-2)30-18-13-11-16-20(32-25(36)29(40)44-9-4)23(34)33-22(26(37)41-5)17-12-14-19-31-24(35)28(39)43-8-3;1-2/h15,20,22,30H,6-14,16-19H2,1-5H3,(H,31,35)(H,32,36)(H,33,34);1-2H3/b21-15-;. The van der Waals surface area contributed by atoms with Gasteiger partial charge in [0.15, 0.2) is 0 Å². The third kappa shape index (κ3) is 20.0. The average Bonchev–Trinajstić information content (AvgIpc) is 3.05. The van der Waals surface area contributed by atoms with E-state index in [1.165, 1.54) is 6.92 Å². The van der Waals surface area contributed by atoms with Crippen molar-refractivity contribution < 1.29 is 52.5 Å². The number of amides is 3. The van der Waals surface area contributed by atoms with Gasteiger partial charge in [-0.2, -0.15) is 0 Å². The van der Waals surface area contributed by atoms with E-state index in [1.807, 2.05) is 20.8 Å². The molecule has 0 heterocycles. The van der Waals surface area contributed by atoms with Gasteiger partial charge in [0.2, 0.25) is 5.91 Å². The first kappa shape index (κ1) is 44.0. The number of ether oxygens (including phenoxy) is 4. The number of allylic oxidation sites excluding steroid dienone is 1. The van der Waals surface area contributed by atoms with Gasteiger partial charge in [-0.3, -0.25) is 14.4 Å². The van der Waals surface area contributed by atoms with Crippen molar-refractivity contribution in [1.29, 1.82) is 0 Å². The molecule has 15 nitrogen and oxygen atoms in total. The molecule has 0 saturated carbocycles. The first-order chi connectivity index (χ1) is 22.1. The summed E-state index contributed by atoms with van der Waals surface area (Å²) in [7, 11) is 1.16. The Kier molecular flexibility index (Phi) is 27.1. The number of carbonyl (C=O) groups is 7. The minimum atomic E-state index is -1.18. The number of rotatable bonds is 21. The van der Waals surface area contributed by atoms with Crippen molar-refractivity contribution in [2.45, 2.75) is 105 Å². The summed E-state index contributed by atoms with van der Waals surface area (Å²) < 4.78 is 19.2. The van der Waals surface area contributed by atoms with Gasteiger partial charge >= 0.3 is 35.7 Å². The predicted octanol–water partition coefficient (Wildman–Crippen LogP) is 1.57. The highest BCUT2D eigenvalue weighted by atomic mass is 16.5. The number of carbonyl (C=O) groups excluding carboxylic acids is 7. The van der Waals surface area contributed by atoms with Crippen LogP contribution in [0.3, 0.4) is 0 Å². The number of methoxy groups -OCH3 is 1. The molecule has 0 aromatic carbocycles. The molecular weight excluding hydrogens is 604 g/mol. The molecule has 0 aliphatic carbocycles. The number of nitrogens with one attached hydrogen (secondary N) is 4. The van der Waals surface area contributed by atoms with Gasteiger partial charge in [-0.15, -0.1) is 0 Å². The van der Waals surface area contributed by atoms with Crippen LogP contribution in [0, 0.1) is 0 Å². The SMILES string of the molecule is CC.CCC/C=C(\NCCCCC(NC(=O)C(=O)OCC)C(=O)NC(CCCCNC(=O)C(=O)OCC)C(=O)OC)C(=O)OCC. The Bertz CT molecular complexity index is 986. The summed E-state index contributed by atoms with van der Waals surface area (Å²) in [4.78, 5) is 85.0. The van der Waals surface area contributed by atoms with E-state index in [4.69, 9.17) is 14.2 Å². The molecule has 0 radical (unpaired) electrons. The first-order valence-corrected chi connectivity index (χ1v) is 16.0. The van der Waals surface area contributed by atoms with E-state index in [2.05, 4.69) is 26.0 Å². The fraction of sp³-hybridized carbons (Fsp3) is 0.710. The van der Waals surface area contributed by atoms with E-state index in [1.54, 1.807) is 19.9 Å². The summed E-state index contributed by atoms with van der Waals surface area (Å²) >= 11 is 0. The minimum Gasteiger partial charge on any atom is -0.467 e. The Labute approximate surface area is 272 Å². The van der Waals surface area contributed by atoms with Gasteiger partial charge in [0, 0.05) is 13.1 Å². The van der Waals surface area contributed by atoms with Crippen LogP contribution in [-0.2, 0) is 52.5 Å². The van der Waals surface area contributed by atoms with Gasteiger partial charge in [0.1, 0.15) is 17.8 Å². The lowest BCUT2D eigenvalue weighted by Gasteiger charge is -2.22. The molecule has 15 heteroatoms. The Morgan fingerprint density at radius 3 is 1.65 bits per heavy atom. The summed E-state index contributed by atoms with van der Waals surface area (Å²) in [5.41, 5.74) is 0.347. The molecule has 0 aliphatic heterocycles. The fourth-order valence-corrected chi connectivity index (χ4v) is 3.71. The zero-order valence-corrected chi connectivity index (χ0v) is 28.4. The minimum absolute atomic E-state index is 0.0339. The van der Waals surface area contributed by atoms with Gasteiger partial charge in [0.25, 0.3) is 0 Å². The second-order valence-corrected chi connectivity index (χ2v) is 9.35. The van der Waals surface area contributed by atoms with E-state index in [0.29, 0.717) is 44.3 Å². The molecular formula is C31H54N4O11. The molecule has 3 amide bonds. The van der Waals surface area contributed by atoms with Gasteiger partial charge in [-0.1, -0.05) is 33.3 Å². The second-order valence-electron chi connectivity index (χ2n) is 9.35. The van der Waals surface area contributed by atoms with Crippen LogP contribution in [0.1, 0.15) is 92.9 Å². The number of hydrogen-bond donors (Lipinski definition) is 4. The molecule has 46 heavy (non-hydrogen) atoms. The van der Waals surface area contributed by atoms with Crippen molar-refractivity contribution in [2.24, 2.45) is 0 Å². The van der Waals surface area contributed by atoms with Gasteiger partial charge < -0.3 is 40.2 Å². The van der Waals surface area contributed by atoms with Crippen LogP contribution >= 0.6 is 0 Å². The van der Waals surface area contributed by atoms with Crippen LogP contribution in [0.15, 0.2) is 11.8 Å². The molecule has 264 valence electrons. The lowest BCUT2D eigenvalue weighted by molar-refractivity contribution is -0.155. The number of unbranched alkanes of at least 4 members (excludes halogenated alkanes) is 3. The van der Waals surface area contributed by atoms with E-state index in [-0.39, 0.29) is 39.2 Å². The van der Waals surface area contributed by atoms with Crippen molar-refractivity contribution in [3.63, 3.8) is 0 Å². The quantitative estimate of drug-likeness (QED) is 0.0456. The summed E-state index contributed by atoms with van der Waals surface area (Å²) in [5.74, 6) is -6.03. The molecule has 0 bridgehead atoms. The van der Waals surface area contributed by atoms with Gasteiger partial charge in [-0.25, -0.2) is 19.2 Å². The van der Waals surface area contributed by atoms with Crippen LogP contribution in [0.2, 0.25) is 0 Å². The highest BCUT2D eigenvalue weighted by molar-refractivity contribution is 6.33. The predicted molar refractivity (Wildman–Crippen MR) is 169 cm³/mol. The molecule has 2 atom stereocenters. The Morgan fingerprint density at radius 1 is 0.630 bits per heavy atom. The van der Waals surface area contributed by atoms with Crippen molar-refractivity contribution in [3.8, 4) is 0 Å². The molecule has 0 saturated heterocycles. The number of hydrogen-bond acceptors (Lipinski definition) is 12. The molecule has 0 rings (SSSR count). The summed E-state index contributed by atoms with van der Waals surface area (Å²) in [5, 5.41) is 10.4. The Morgan fingerprint density at radius 2 is 1.13 bits per heavy atom. The van der Waals surface area contributed by atoms with Gasteiger partial charge in [0.05, 0.1) is 26.9 Å². The second kappa shape index (κ2) is 28.3. The maximum atomic E-state index is 13.2. The number of esters is 4. The maximum absolute atomic E-state index is 13.2. The molecule has 4 N–H and O–H groups in total. The van der Waals surface area contributed by atoms with Crippen LogP contribution in [-0.4, -0.2) is 93.7 Å². The van der Waals surface area contributed by atoms with Crippen LogP contribution < -0.4 is 21.3 Å². The van der Waals surface area contributed by atoms with Crippen LogP contribution in [0.25, 0.3) is 0 Å². The smallest absolute Gasteiger partial charge is 0.396 e. The molecule has 0 aromatic heterocycles. The zero-order chi connectivity index (χ0) is 35.3. The first-order valence-electron chi connectivity index (χ1n) is 16.0. The summed E-state index contributed by atoms with van der Waals surface area (Å²) in [6.45, 7) is 11.6. The lowest BCUT2D eigenvalue weighted by atomic mass is 10.1. The zero-order valence-electron chi connectivity index (χ0n) is 28.4. The largest absolute Gasteiger partial charge is 0.467 e. The fourth-order valence-electron chi connectivity index (χ4n) is 3.71. The van der Waals surface area contributed by atoms with Crippen LogP contribution in [0.4, 0.5) is 0 Å². The highest BCUT2D eigenvalue weighted by Crippen LogP contribution is 2.08. The molecule has 2 unspecified atom stereocenters. The van der Waals surface area contributed by atoms with Crippen molar-refractivity contribution >= 4 is 41.6 Å². The van der Waals surface area contributed by atoms with E-state index < -0.39 is 53.7 Å². The molecule has 0 fully saturated rings. The van der Waals surface area contributed by atoms with E-state index >= 15 is 0 Å². The van der Waals surface area contributed by atoms with Crippen molar-refractivity contribution in [1.82, 2.24) is 21.3 Å². The topological polar surface area (TPSA) is 205 Å². The lowest BCUT2D eigenvalue weighted by Crippen LogP contribution is -2.53. The van der Waals surface area contributed by atoms with Crippen LogP contribution in [0.5, 0.6) is 0 Å². The van der Waals surface area contributed by atoms with E-state index in [9.17, 15) is 33.6 Å². The highest BCUT2D eigenvalue weighted by Gasteiger charge is 2.29. The Balaban J connectivity index is 0. The van der Waals surface area contributed by atoms with Crippen molar-refractivity contribution in [2.75, 3.05) is 40.0 Å². The third-order valence-electron chi connectivity index (χ3n) is 5.92. The molecule has 0 aromatic rings. The Hall–Kier alpha value is -4.17. The monoisotopic (exact) mass is 658 g/mol. The van der Waals surface area contributed by atoms with Crippen molar-refractivity contribution in [3.05, 3.63) is 11.8 Å². The third-order valence-corrected chi connectivity index (χ3v) is 5.92. The molecule has 0 spiro atoms. The summed E-state index contributed by atoms with van der Waals surface area (Å²) in [6.07, 6.45) is 5.19. The van der Waals surface area contributed by atoms with E-state index in [0.717, 1.165) is 13.5 Å².